The molecule has 0 fully saturated rings. The van der Waals surface area contributed by atoms with Crippen LogP contribution in [0.3, 0.4) is 0 Å². The Hall–Kier alpha value is -1.07. The van der Waals surface area contributed by atoms with Gasteiger partial charge in [-0.3, -0.25) is 5.32 Å². The number of halogens is 3. The molecule has 0 aromatic carbocycles. The number of alkyl halides is 2. The van der Waals surface area contributed by atoms with Gasteiger partial charge in [-0.1, -0.05) is 0 Å². The van der Waals surface area contributed by atoms with E-state index in [0.717, 1.165) is 5.32 Å². The molecule has 0 amide bonds. The number of nitrogens with zero attached hydrogens (tertiary/aromatic N) is 2. The third kappa shape index (κ3) is 1.41. The van der Waals surface area contributed by atoms with Gasteiger partial charge in [-0.25, -0.2) is 0 Å². The van der Waals surface area contributed by atoms with Crippen LogP contribution in [-0.4, -0.2) is 18.6 Å². The number of hydrogen-bond donors (Lipinski definition) is 1. The van der Waals surface area contributed by atoms with E-state index in [9.17, 15) is 13.2 Å². The molecule has 0 aromatic rings. The van der Waals surface area contributed by atoms with E-state index in [1.807, 2.05) is 0 Å². The molecule has 1 heterocycles. The number of aliphatic imine (C=N–C) groups is 2. The van der Waals surface area contributed by atoms with Crippen molar-refractivity contribution in [3.05, 3.63) is 0 Å². The quantitative estimate of drug-likeness (QED) is 0.485. The SMILES string of the molecule is FC1=NC=NC(F)(F)N1. The van der Waals surface area contributed by atoms with Gasteiger partial charge in [-0.15, -0.1) is 0 Å². The van der Waals surface area contributed by atoms with Gasteiger partial charge in [0.25, 0.3) is 6.09 Å². The summed E-state index contributed by atoms with van der Waals surface area (Å²) in [6, 6.07) is 0. The van der Waals surface area contributed by atoms with Crippen LogP contribution in [-0.2, 0) is 0 Å². The second-order valence-corrected chi connectivity index (χ2v) is 1.33. The van der Waals surface area contributed by atoms with Crippen LogP contribution in [0.25, 0.3) is 0 Å². The fraction of sp³-hybridized carbons (Fsp3) is 0.333. The summed E-state index contributed by atoms with van der Waals surface area (Å²) in [5.74, 6) is 0. The van der Waals surface area contributed by atoms with Crippen LogP contribution < -0.4 is 5.32 Å². The van der Waals surface area contributed by atoms with Crippen LogP contribution in [0.1, 0.15) is 0 Å². The molecule has 0 aromatic heterocycles. The van der Waals surface area contributed by atoms with E-state index in [1.165, 1.54) is 0 Å². The molecule has 1 aliphatic heterocycles. The van der Waals surface area contributed by atoms with Crippen molar-refractivity contribution in [2.45, 2.75) is 6.17 Å². The van der Waals surface area contributed by atoms with Crippen LogP contribution in [0, 0.1) is 0 Å². The molecule has 0 saturated heterocycles. The van der Waals surface area contributed by atoms with Crippen LogP contribution >= 0.6 is 0 Å². The van der Waals surface area contributed by atoms with E-state index in [4.69, 9.17) is 0 Å². The number of nitrogens with one attached hydrogen (secondary N) is 1. The largest absolute Gasteiger partial charge is 0.433 e. The topological polar surface area (TPSA) is 36.8 Å². The minimum Gasteiger partial charge on any atom is -0.266 e. The molecule has 6 heteroatoms. The Labute approximate surface area is 48.3 Å². The molecule has 50 valence electrons. The molecule has 0 saturated carbocycles. The monoisotopic (exact) mass is 137 g/mol. The van der Waals surface area contributed by atoms with E-state index < -0.39 is 12.3 Å². The molecule has 0 unspecified atom stereocenters. The molecule has 1 aliphatic rings. The lowest BCUT2D eigenvalue weighted by atomic mass is 10.8. The van der Waals surface area contributed by atoms with Crippen LogP contribution in [0.15, 0.2) is 9.98 Å². The Balaban J connectivity index is 2.73. The highest BCUT2D eigenvalue weighted by Crippen LogP contribution is 2.11. The van der Waals surface area contributed by atoms with Gasteiger partial charge < -0.3 is 0 Å². The summed E-state index contributed by atoms with van der Waals surface area (Å²) in [6.45, 7) is 0. The maximum atomic E-state index is 11.8. The van der Waals surface area contributed by atoms with Crippen molar-refractivity contribution >= 4 is 12.4 Å². The minimum atomic E-state index is -3.54. The number of hydrogen-bond acceptors (Lipinski definition) is 3. The van der Waals surface area contributed by atoms with Gasteiger partial charge in [-0.2, -0.15) is 23.2 Å². The van der Waals surface area contributed by atoms with E-state index >= 15 is 0 Å². The zero-order valence-electron chi connectivity index (χ0n) is 4.11. The second kappa shape index (κ2) is 1.71. The summed E-state index contributed by atoms with van der Waals surface area (Å²) < 4.78 is 35.4. The molecule has 3 nitrogen and oxygen atoms in total. The number of rotatable bonds is 0. The predicted octanol–water partition coefficient (Wildman–Crippen LogP) is 0.494. The molecule has 1 rings (SSSR count). The second-order valence-electron chi connectivity index (χ2n) is 1.33. The molecule has 9 heavy (non-hydrogen) atoms. The first-order valence-electron chi connectivity index (χ1n) is 2.03. The highest BCUT2D eigenvalue weighted by atomic mass is 19.3. The van der Waals surface area contributed by atoms with Crippen molar-refractivity contribution in [1.29, 1.82) is 0 Å². The first-order chi connectivity index (χ1) is 4.10. The Kier molecular flexibility index (Phi) is 1.15. The van der Waals surface area contributed by atoms with E-state index in [2.05, 4.69) is 9.98 Å². The van der Waals surface area contributed by atoms with Crippen molar-refractivity contribution in [3.8, 4) is 0 Å². The van der Waals surface area contributed by atoms with Gasteiger partial charge in [0.05, 0.1) is 0 Å². The summed E-state index contributed by atoms with van der Waals surface area (Å²) in [5, 5.41) is 1.11. The fourth-order valence-corrected chi connectivity index (χ4v) is 0.341. The van der Waals surface area contributed by atoms with Crippen molar-refractivity contribution in [2.24, 2.45) is 9.98 Å². The number of amidine groups is 1. The molecule has 0 spiro atoms. The zero-order valence-corrected chi connectivity index (χ0v) is 4.11. The lowest BCUT2D eigenvalue weighted by molar-refractivity contribution is -0.00866. The van der Waals surface area contributed by atoms with Gasteiger partial charge in [0.1, 0.15) is 6.34 Å². The Morgan fingerprint density at radius 2 is 2.22 bits per heavy atom. The maximum absolute atomic E-state index is 11.8. The van der Waals surface area contributed by atoms with Gasteiger partial charge in [0.15, 0.2) is 0 Å². The molecule has 0 bridgehead atoms. The summed E-state index contributed by atoms with van der Waals surface area (Å²) in [7, 11) is 0. The highest BCUT2D eigenvalue weighted by Gasteiger charge is 2.30. The normalized spacial score (nSPS) is 22.8. The smallest absolute Gasteiger partial charge is 0.266 e. The molecule has 0 aliphatic carbocycles. The summed E-state index contributed by atoms with van der Waals surface area (Å²) >= 11 is 0. The van der Waals surface area contributed by atoms with E-state index in [0.29, 0.717) is 6.34 Å². The summed E-state index contributed by atoms with van der Waals surface area (Å²) in [5.41, 5.74) is 0. The standard InChI is InChI=1S/C3H2F3N3/c4-2-7-1-8-3(5,6)9-2/h1H,(H,7,8,9). The zero-order chi connectivity index (χ0) is 6.91. The lowest BCUT2D eigenvalue weighted by Crippen LogP contribution is -2.39. The Morgan fingerprint density at radius 3 is 2.56 bits per heavy atom. The molecular formula is C3H2F3N3. The third-order valence-electron chi connectivity index (χ3n) is 0.644. The predicted molar refractivity (Wildman–Crippen MR) is 25.1 cm³/mol. The molecule has 1 N–H and O–H groups in total. The van der Waals surface area contributed by atoms with Gasteiger partial charge in [0.2, 0.25) is 0 Å². The van der Waals surface area contributed by atoms with Gasteiger partial charge >= 0.3 is 6.17 Å². The fourth-order valence-electron chi connectivity index (χ4n) is 0.341. The summed E-state index contributed by atoms with van der Waals surface area (Å²) in [4.78, 5) is 5.31. The van der Waals surface area contributed by atoms with Crippen molar-refractivity contribution in [1.82, 2.24) is 5.32 Å². The molecule has 0 radical (unpaired) electrons. The average Bonchev–Trinajstić information content (AvgIpc) is 1.60. The average molecular weight is 137 g/mol. The summed E-state index contributed by atoms with van der Waals surface area (Å²) in [6.07, 6.45) is -4.40. The van der Waals surface area contributed by atoms with Gasteiger partial charge in [0, 0.05) is 0 Å². The highest BCUT2D eigenvalue weighted by molar-refractivity contribution is 5.83. The van der Waals surface area contributed by atoms with Crippen LogP contribution in [0.4, 0.5) is 13.2 Å². The van der Waals surface area contributed by atoms with Gasteiger partial charge in [-0.05, 0) is 0 Å². The van der Waals surface area contributed by atoms with Crippen LogP contribution in [0.5, 0.6) is 0 Å². The van der Waals surface area contributed by atoms with Crippen LogP contribution in [0.2, 0.25) is 0 Å². The first-order valence-corrected chi connectivity index (χ1v) is 2.03. The van der Waals surface area contributed by atoms with Crippen molar-refractivity contribution in [2.75, 3.05) is 0 Å². The Morgan fingerprint density at radius 1 is 1.56 bits per heavy atom. The van der Waals surface area contributed by atoms with Crippen molar-refractivity contribution < 1.29 is 13.2 Å². The molecular weight excluding hydrogens is 135 g/mol. The molecule has 0 atom stereocenters. The Bertz CT molecular complexity index is 173. The maximum Gasteiger partial charge on any atom is 0.433 e. The van der Waals surface area contributed by atoms with Crippen molar-refractivity contribution in [3.63, 3.8) is 0 Å². The minimum absolute atomic E-state index is 0.464. The lowest BCUT2D eigenvalue weighted by Gasteiger charge is -2.12. The third-order valence-corrected chi connectivity index (χ3v) is 0.644. The first kappa shape index (κ1) is 6.06. The van der Waals surface area contributed by atoms with E-state index in [1.54, 1.807) is 0 Å². The van der Waals surface area contributed by atoms with E-state index in [-0.39, 0.29) is 0 Å².